The first-order valence-corrected chi connectivity index (χ1v) is 10.1. The molecule has 7 nitrogen and oxygen atoms in total. The molecular formula is C20H34N6O+2. The van der Waals surface area contributed by atoms with Gasteiger partial charge in [0, 0.05) is 19.1 Å². The van der Waals surface area contributed by atoms with Gasteiger partial charge in [0.25, 0.3) is 0 Å². The maximum Gasteiger partial charge on any atom is 0.209 e. The van der Waals surface area contributed by atoms with Crippen molar-refractivity contribution in [3.63, 3.8) is 0 Å². The zero-order valence-electron chi connectivity index (χ0n) is 16.9. The second-order valence-electron chi connectivity index (χ2n) is 8.01. The highest BCUT2D eigenvalue weighted by molar-refractivity contribution is 5.13. The highest BCUT2D eigenvalue weighted by Gasteiger charge is 2.34. The normalized spacial score (nSPS) is 21.5. The second kappa shape index (κ2) is 9.92. The van der Waals surface area contributed by atoms with Gasteiger partial charge in [-0.1, -0.05) is 44.2 Å². The fourth-order valence-electron chi connectivity index (χ4n) is 4.06. The lowest BCUT2D eigenvalue weighted by Gasteiger charge is -2.34. The van der Waals surface area contributed by atoms with E-state index < -0.39 is 0 Å². The second-order valence-corrected chi connectivity index (χ2v) is 8.01. The molecule has 3 rings (SSSR count). The molecule has 1 aromatic heterocycles. The van der Waals surface area contributed by atoms with Crippen LogP contribution in [0.3, 0.4) is 0 Å². The molecule has 1 aliphatic rings. The van der Waals surface area contributed by atoms with Crippen LogP contribution in [0, 0.1) is 5.92 Å². The third kappa shape index (κ3) is 5.57. The third-order valence-corrected chi connectivity index (χ3v) is 5.47. The van der Waals surface area contributed by atoms with Crippen LogP contribution in [0.25, 0.3) is 0 Å². The van der Waals surface area contributed by atoms with Crippen LogP contribution in [0.1, 0.15) is 37.7 Å². The quantitative estimate of drug-likeness (QED) is 0.615. The van der Waals surface area contributed by atoms with Crippen LogP contribution in [0.2, 0.25) is 0 Å². The van der Waals surface area contributed by atoms with E-state index in [1.54, 1.807) is 16.9 Å². The van der Waals surface area contributed by atoms with E-state index in [1.165, 1.54) is 18.7 Å². The molecule has 1 aliphatic heterocycles. The summed E-state index contributed by atoms with van der Waals surface area (Å²) in [6.45, 7) is 11.8. The molecule has 2 heterocycles. The number of hydrogen-bond acceptors (Lipinski definition) is 4. The van der Waals surface area contributed by atoms with Crippen molar-refractivity contribution in [3.05, 3.63) is 41.7 Å². The summed E-state index contributed by atoms with van der Waals surface area (Å²) in [7, 11) is 1.72. The Morgan fingerprint density at radius 3 is 2.52 bits per heavy atom. The third-order valence-electron chi connectivity index (χ3n) is 5.47. The maximum absolute atomic E-state index is 5.22. The smallest absolute Gasteiger partial charge is 0.209 e. The van der Waals surface area contributed by atoms with E-state index in [2.05, 4.69) is 59.7 Å². The topological polar surface area (TPSA) is 61.7 Å². The van der Waals surface area contributed by atoms with Gasteiger partial charge in [0.1, 0.15) is 32.7 Å². The van der Waals surface area contributed by atoms with Crippen LogP contribution in [-0.2, 0) is 17.8 Å². The summed E-state index contributed by atoms with van der Waals surface area (Å²) in [6, 6.07) is 11.2. The van der Waals surface area contributed by atoms with Gasteiger partial charge in [-0.2, -0.15) is 0 Å². The molecule has 0 unspecified atom stereocenters. The predicted molar refractivity (Wildman–Crippen MR) is 103 cm³/mol. The molecule has 27 heavy (non-hydrogen) atoms. The Morgan fingerprint density at radius 1 is 1.11 bits per heavy atom. The molecular weight excluding hydrogens is 340 g/mol. The van der Waals surface area contributed by atoms with Gasteiger partial charge in [-0.3, -0.25) is 0 Å². The average Bonchev–Trinajstić information content (AvgIpc) is 3.14. The van der Waals surface area contributed by atoms with Gasteiger partial charge in [0.2, 0.25) is 5.82 Å². The van der Waals surface area contributed by atoms with Crippen molar-refractivity contribution in [2.24, 2.45) is 5.92 Å². The minimum atomic E-state index is 0.357. The number of methoxy groups -OCH3 is 1. The monoisotopic (exact) mass is 374 g/mol. The minimum Gasteiger partial charge on any atom is -0.383 e. The van der Waals surface area contributed by atoms with Crippen molar-refractivity contribution in [2.45, 2.75) is 39.4 Å². The van der Waals surface area contributed by atoms with Gasteiger partial charge in [-0.15, -0.1) is 5.10 Å². The number of tetrazole rings is 1. The zero-order chi connectivity index (χ0) is 19.1. The number of hydrogen-bond donors (Lipinski definition) is 2. The van der Waals surface area contributed by atoms with Gasteiger partial charge in [0.05, 0.1) is 13.2 Å². The van der Waals surface area contributed by atoms with E-state index in [9.17, 15) is 0 Å². The number of ether oxygens (including phenoxy) is 1. The molecule has 1 fully saturated rings. The Labute approximate surface area is 162 Å². The largest absolute Gasteiger partial charge is 0.383 e. The first kappa shape index (κ1) is 19.9. The Hall–Kier alpha value is -1.83. The lowest BCUT2D eigenvalue weighted by atomic mass is 10.0. The minimum absolute atomic E-state index is 0.357. The fourth-order valence-corrected chi connectivity index (χ4v) is 4.06. The van der Waals surface area contributed by atoms with E-state index in [4.69, 9.17) is 4.74 Å². The van der Waals surface area contributed by atoms with E-state index in [0.717, 1.165) is 31.9 Å². The first-order valence-electron chi connectivity index (χ1n) is 10.1. The van der Waals surface area contributed by atoms with Crippen molar-refractivity contribution < 1.29 is 14.5 Å². The summed E-state index contributed by atoms with van der Waals surface area (Å²) in [6.07, 6.45) is 1.11. The molecule has 7 heteroatoms. The number of piperazine rings is 1. The van der Waals surface area contributed by atoms with E-state index >= 15 is 0 Å². The molecule has 148 valence electrons. The molecule has 0 aliphatic carbocycles. The van der Waals surface area contributed by atoms with Gasteiger partial charge >= 0.3 is 0 Å². The Balaban J connectivity index is 1.64. The summed E-state index contributed by atoms with van der Waals surface area (Å²) in [5.74, 6) is 1.63. The fraction of sp³-hybridized carbons (Fsp3) is 0.650. The van der Waals surface area contributed by atoms with Crippen molar-refractivity contribution >= 4 is 0 Å². The number of benzene rings is 1. The van der Waals surface area contributed by atoms with Crippen LogP contribution in [-0.4, -0.2) is 60.1 Å². The van der Waals surface area contributed by atoms with E-state index in [0.29, 0.717) is 25.1 Å². The zero-order valence-corrected chi connectivity index (χ0v) is 16.9. The molecule has 1 saturated heterocycles. The molecule has 2 aromatic rings. The Morgan fingerprint density at radius 2 is 1.85 bits per heavy atom. The van der Waals surface area contributed by atoms with Crippen molar-refractivity contribution in [1.29, 1.82) is 0 Å². The lowest BCUT2D eigenvalue weighted by Crippen LogP contribution is -3.27. The summed E-state index contributed by atoms with van der Waals surface area (Å²) >= 11 is 0. The number of nitrogens with zero attached hydrogens (tertiary/aromatic N) is 4. The summed E-state index contributed by atoms with van der Waals surface area (Å²) < 4.78 is 7.16. The standard InChI is InChI=1S/C20H32N6O/c1-17(2)15-19(20-21-22-23-26(20)13-14-27-3)25-11-9-24(10-12-25)16-18-7-5-4-6-8-18/h4-8,17,19H,9-16H2,1-3H3/p+2/t19-/m0/s1. The molecule has 0 saturated carbocycles. The van der Waals surface area contributed by atoms with Gasteiger partial charge < -0.3 is 14.5 Å². The highest BCUT2D eigenvalue weighted by Crippen LogP contribution is 2.16. The average molecular weight is 375 g/mol. The molecule has 0 bridgehead atoms. The predicted octanol–water partition coefficient (Wildman–Crippen LogP) is -0.610. The van der Waals surface area contributed by atoms with Gasteiger partial charge in [0.15, 0.2) is 6.04 Å². The molecule has 0 radical (unpaired) electrons. The van der Waals surface area contributed by atoms with Gasteiger partial charge in [-0.05, 0) is 16.3 Å². The number of quaternary nitrogens is 2. The SMILES string of the molecule is COCCn1nnnc1[C@H](CC(C)C)[NH+]1CC[NH+](Cc2ccccc2)CC1. The van der Waals surface area contributed by atoms with Crippen molar-refractivity contribution in [3.8, 4) is 0 Å². The maximum atomic E-state index is 5.22. The molecule has 0 spiro atoms. The van der Waals surface area contributed by atoms with Crippen LogP contribution < -0.4 is 9.80 Å². The van der Waals surface area contributed by atoms with Crippen LogP contribution in [0.5, 0.6) is 0 Å². The van der Waals surface area contributed by atoms with Crippen LogP contribution in [0.4, 0.5) is 0 Å². The summed E-state index contributed by atoms with van der Waals surface area (Å²) in [5.41, 5.74) is 1.43. The number of rotatable bonds is 9. The molecule has 0 amide bonds. The Kier molecular flexibility index (Phi) is 7.32. The molecule has 1 atom stereocenters. The molecule has 2 N–H and O–H groups in total. The summed E-state index contributed by atoms with van der Waals surface area (Å²) in [5, 5.41) is 12.6. The first-order chi connectivity index (χ1) is 13.2. The van der Waals surface area contributed by atoms with E-state index in [-0.39, 0.29) is 0 Å². The number of aromatic nitrogens is 4. The van der Waals surface area contributed by atoms with Crippen LogP contribution in [0.15, 0.2) is 30.3 Å². The van der Waals surface area contributed by atoms with E-state index in [1.807, 2.05) is 4.68 Å². The lowest BCUT2D eigenvalue weighted by molar-refractivity contribution is -1.03. The molecule has 1 aromatic carbocycles. The Bertz CT molecular complexity index is 666. The van der Waals surface area contributed by atoms with Gasteiger partial charge in [-0.25, -0.2) is 4.68 Å². The number of nitrogens with one attached hydrogen (secondary N) is 2. The summed E-state index contributed by atoms with van der Waals surface area (Å²) in [4.78, 5) is 3.29. The van der Waals surface area contributed by atoms with Crippen molar-refractivity contribution in [1.82, 2.24) is 20.2 Å². The van der Waals surface area contributed by atoms with Crippen LogP contribution >= 0.6 is 0 Å². The highest BCUT2D eigenvalue weighted by atomic mass is 16.5. The van der Waals surface area contributed by atoms with Crippen molar-refractivity contribution in [2.75, 3.05) is 39.9 Å².